The summed E-state index contributed by atoms with van der Waals surface area (Å²) in [6.07, 6.45) is 0. The first-order valence-corrected chi connectivity index (χ1v) is 5.68. The zero-order chi connectivity index (χ0) is 13.0. The van der Waals surface area contributed by atoms with Crippen molar-refractivity contribution < 1.29 is 14.3 Å². The van der Waals surface area contributed by atoms with Crippen LogP contribution in [0.3, 0.4) is 0 Å². The number of nitrogens with one attached hydrogen (secondary N) is 2. The minimum Gasteiger partial charge on any atom is -0.484 e. The number of carbonyl (C=O) groups excluding carboxylic acids is 2. The Morgan fingerprint density at radius 2 is 2.11 bits per heavy atom. The number of para-hydroxylation sites is 1. The first kappa shape index (κ1) is 12.4. The highest BCUT2D eigenvalue weighted by Crippen LogP contribution is 2.08. The molecule has 1 aliphatic heterocycles. The van der Waals surface area contributed by atoms with Gasteiger partial charge in [0.2, 0.25) is 5.91 Å². The number of hydrogen-bond acceptors (Lipinski definition) is 4. The van der Waals surface area contributed by atoms with E-state index in [1.807, 2.05) is 18.2 Å². The molecule has 1 aromatic carbocycles. The van der Waals surface area contributed by atoms with Gasteiger partial charge in [-0.15, -0.1) is 0 Å². The third-order valence-electron chi connectivity index (χ3n) is 2.70. The number of β-lactam (4-membered cyclic amide) rings is 1. The largest absolute Gasteiger partial charge is 0.484 e. The fraction of sp³-hybridized carbons (Fsp3) is 0.333. The van der Waals surface area contributed by atoms with Crippen molar-refractivity contribution in [2.75, 3.05) is 13.2 Å². The SMILES string of the molecule is NCC1NC(=O)C1NC(=O)COc1ccccc1. The standard InChI is InChI=1S/C12H15N3O3/c13-6-9-11(12(17)14-9)15-10(16)7-18-8-4-2-1-3-5-8/h1-5,9,11H,6-7,13H2,(H,14,17)(H,15,16). The smallest absolute Gasteiger partial charge is 0.258 e. The molecule has 2 atom stereocenters. The number of nitrogens with two attached hydrogens (primary N) is 1. The molecule has 0 bridgehead atoms. The molecule has 0 aliphatic carbocycles. The lowest BCUT2D eigenvalue weighted by Gasteiger charge is -2.36. The van der Waals surface area contributed by atoms with Crippen LogP contribution in [0.25, 0.3) is 0 Å². The van der Waals surface area contributed by atoms with Gasteiger partial charge >= 0.3 is 0 Å². The zero-order valence-electron chi connectivity index (χ0n) is 9.76. The monoisotopic (exact) mass is 249 g/mol. The van der Waals surface area contributed by atoms with Crippen LogP contribution in [0.4, 0.5) is 0 Å². The van der Waals surface area contributed by atoms with Gasteiger partial charge in [0, 0.05) is 6.54 Å². The summed E-state index contributed by atoms with van der Waals surface area (Å²) in [7, 11) is 0. The molecular weight excluding hydrogens is 234 g/mol. The average molecular weight is 249 g/mol. The second-order valence-electron chi connectivity index (χ2n) is 4.00. The van der Waals surface area contributed by atoms with Gasteiger partial charge in [0.05, 0.1) is 6.04 Å². The molecule has 6 nitrogen and oxygen atoms in total. The topological polar surface area (TPSA) is 93.5 Å². The fourth-order valence-electron chi connectivity index (χ4n) is 1.68. The van der Waals surface area contributed by atoms with Crippen molar-refractivity contribution in [3.63, 3.8) is 0 Å². The van der Waals surface area contributed by atoms with Crippen LogP contribution in [0.15, 0.2) is 30.3 Å². The van der Waals surface area contributed by atoms with Crippen molar-refractivity contribution in [1.29, 1.82) is 0 Å². The molecule has 1 heterocycles. The highest BCUT2D eigenvalue weighted by Gasteiger charge is 2.39. The van der Waals surface area contributed by atoms with E-state index < -0.39 is 6.04 Å². The Kier molecular flexibility index (Phi) is 3.78. The molecule has 1 saturated heterocycles. The van der Waals surface area contributed by atoms with Gasteiger partial charge in [0.15, 0.2) is 6.61 Å². The van der Waals surface area contributed by atoms with Crippen LogP contribution in [0.1, 0.15) is 0 Å². The molecule has 1 aliphatic rings. The van der Waals surface area contributed by atoms with E-state index in [1.54, 1.807) is 12.1 Å². The molecule has 18 heavy (non-hydrogen) atoms. The van der Waals surface area contributed by atoms with Crippen LogP contribution in [-0.4, -0.2) is 37.0 Å². The molecule has 0 saturated carbocycles. The van der Waals surface area contributed by atoms with E-state index in [2.05, 4.69) is 10.6 Å². The lowest BCUT2D eigenvalue weighted by atomic mass is 9.99. The molecule has 2 amide bonds. The summed E-state index contributed by atoms with van der Waals surface area (Å²) in [5, 5.41) is 5.18. The van der Waals surface area contributed by atoms with Crippen molar-refractivity contribution in [2.45, 2.75) is 12.1 Å². The van der Waals surface area contributed by atoms with Crippen molar-refractivity contribution in [3.8, 4) is 5.75 Å². The molecule has 96 valence electrons. The Bertz CT molecular complexity index is 435. The van der Waals surface area contributed by atoms with Gasteiger partial charge in [-0.3, -0.25) is 9.59 Å². The first-order valence-electron chi connectivity index (χ1n) is 5.68. The van der Waals surface area contributed by atoms with Crippen LogP contribution >= 0.6 is 0 Å². The second kappa shape index (κ2) is 5.50. The van der Waals surface area contributed by atoms with E-state index >= 15 is 0 Å². The average Bonchev–Trinajstić information content (AvgIpc) is 2.41. The lowest BCUT2D eigenvalue weighted by Crippen LogP contribution is -2.71. The Morgan fingerprint density at radius 1 is 1.39 bits per heavy atom. The molecule has 1 fully saturated rings. The summed E-state index contributed by atoms with van der Waals surface area (Å²) in [5.74, 6) is 0.0664. The first-order chi connectivity index (χ1) is 8.70. The van der Waals surface area contributed by atoms with Crippen LogP contribution in [-0.2, 0) is 9.59 Å². The van der Waals surface area contributed by atoms with E-state index in [0.29, 0.717) is 12.3 Å². The minimum absolute atomic E-state index is 0.120. The molecule has 1 aromatic rings. The van der Waals surface area contributed by atoms with E-state index in [-0.39, 0.29) is 24.5 Å². The van der Waals surface area contributed by atoms with E-state index in [4.69, 9.17) is 10.5 Å². The van der Waals surface area contributed by atoms with Crippen molar-refractivity contribution >= 4 is 11.8 Å². The fourth-order valence-corrected chi connectivity index (χ4v) is 1.68. The maximum Gasteiger partial charge on any atom is 0.258 e. The second-order valence-corrected chi connectivity index (χ2v) is 4.00. The van der Waals surface area contributed by atoms with Crippen LogP contribution in [0.5, 0.6) is 5.75 Å². The Morgan fingerprint density at radius 3 is 2.72 bits per heavy atom. The normalized spacial score (nSPS) is 21.7. The van der Waals surface area contributed by atoms with Crippen LogP contribution in [0, 0.1) is 0 Å². The van der Waals surface area contributed by atoms with E-state index in [9.17, 15) is 9.59 Å². The van der Waals surface area contributed by atoms with Gasteiger partial charge < -0.3 is 21.1 Å². The van der Waals surface area contributed by atoms with Gasteiger partial charge in [-0.05, 0) is 12.1 Å². The van der Waals surface area contributed by atoms with Crippen LogP contribution in [0.2, 0.25) is 0 Å². The zero-order valence-corrected chi connectivity index (χ0v) is 9.76. The third kappa shape index (κ3) is 2.78. The van der Waals surface area contributed by atoms with E-state index in [0.717, 1.165) is 0 Å². The van der Waals surface area contributed by atoms with Gasteiger partial charge in [0.25, 0.3) is 5.91 Å². The molecule has 0 spiro atoms. The van der Waals surface area contributed by atoms with Crippen molar-refractivity contribution in [3.05, 3.63) is 30.3 Å². The summed E-state index contributed by atoms with van der Waals surface area (Å²) >= 11 is 0. The minimum atomic E-state index is -0.540. The maximum atomic E-state index is 11.6. The van der Waals surface area contributed by atoms with Gasteiger partial charge in [0.1, 0.15) is 11.8 Å². The number of rotatable bonds is 5. The predicted octanol–water partition coefficient (Wildman–Crippen LogP) is -0.993. The number of ether oxygens (including phenoxy) is 1. The number of carbonyl (C=O) groups is 2. The maximum absolute atomic E-state index is 11.6. The van der Waals surface area contributed by atoms with Crippen molar-refractivity contribution in [1.82, 2.24) is 10.6 Å². The van der Waals surface area contributed by atoms with E-state index in [1.165, 1.54) is 0 Å². The molecule has 2 rings (SSSR count). The summed E-state index contributed by atoms with van der Waals surface area (Å²) in [6, 6.07) is 8.28. The number of hydrogen-bond donors (Lipinski definition) is 3. The number of benzene rings is 1. The molecular formula is C12H15N3O3. The van der Waals surface area contributed by atoms with Gasteiger partial charge in [-0.2, -0.15) is 0 Å². The third-order valence-corrected chi connectivity index (χ3v) is 2.70. The molecule has 0 radical (unpaired) electrons. The van der Waals surface area contributed by atoms with Crippen LogP contribution < -0.4 is 21.1 Å². The van der Waals surface area contributed by atoms with Gasteiger partial charge in [-0.25, -0.2) is 0 Å². The quantitative estimate of drug-likeness (QED) is 0.584. The summed E-state index contributed by atoms with van der Waals surface area (Å²) in [6.45, 7) is 0.182. The molecule has 4 N–H and O–H groups in total. The number of amides is 2. The summed E-state index contributed by atoms with van der Waals surface area (Å²) in [4.78, 5) is 22.8. The highest BCUT2D eigenvalue weighted by atomic mass is 16.5. The Balaban J connectivity index is 1.77. The molecule has 2 unspecified atom stereocenters. The van der Waals surface area contributed by atoms with Gasteiger partial charge in [-0.1, -0.05) is 18.2 Å². The Labute approximate surface area is 104 Å². The highest BCUT2D eigenvalue weighted by molar-refractivity contribution is 5.93. The lowest BCUT2D eigenvalue weighted by molar-refractivity contribution is -0.136. The summed E-state index contributed by atoms with van der Waals surface area (Å²) in [5.41, 5.74) is 5.43. The predicted molar refractivity (Wildman–Crippen MR) is 64.9 cm³/mol. The van der Waals surface area contributed by atoms with Crippen molar-refractivity contribution in [2.24, 2.45) is 5.73 Å². The molecule has 0 aromatic heterocycles. The summed E-state index contributed by atoms with van der Waals surface area (Å²) < 4.78 is 5.27. The molecule has 6 heteroatoms. The Hall–Kier alpha value is -2.08.